The second-order valence-electron chi connectivity index (χ2n) is 4.22. The molecule has 1 atom stereocenters. The summed E-state index contributed by atoms with van der Waals surface area (Å²) in [6.45, 7) is -0.647. The maximum absolute atomic E-state index is 12.0. The minimum absolute atomic E-state index is 0.387. The van der Waals surface area contributed by atoms with E-state index in [0.29, 0.717) is 5.56 Å². The number of hydrogen-bond donors (Lipinski definition) is 3. The minimum Gasteiger partial charge on any atom is -0.480 e. The number of hydrogen-bond acceptors (Lipinski definition) is 3. The molecular weight excluding hydrogens is 248 g/mol. The van der Waals surface area contributed by atoms with E-state index in [4.69, 9.17) is 10.2 Å². The van der Waals surface area contributed by atoms with Crippen LogP contribution in [0.3, 0.4) is 0 Å². The molecule has 6 nitrogen and oxygen atoms in total. The van der Waals surface area contributed by atoms with Crippen molar-refractivity contribution in [1.29, 1.82) is 0 Å². The molecule has 0 unspecified atom stereocenters. The van der Waals surface area contributed by atoms with Gasteiger partial charge in [-0.15, -0.1) is 0 Å². The number of aliphatic carboxylic acids is 1. The van der Waals surface area contributed by atoms with Crippen molar-refractivity contribution in [2.45, 2.75) is 6.04 Å². The number of carboxylic acid groups (broad SMARTS) is 1. The molecule has 6 heteroatoms. The Labute approximate surface area is 109 Å². The Morgan fingerprint density at radius 3 is 2.68 bits per heavy atom. The molecule has 0 bridgehead atoms. The zero-order chi connectivity index (χ0) is 14.0. The van der Waals surface area contributed by atoms with Gasteiger partial charge >= 0.3 is 5.97 Å². The molecule has 1 heterocycles. The number of aromatic nitrogens is 1. The highest BCUT2D eigenvalue weighted by molar-refractivity contribution is 6.07. The first-order chi connectivity index (χ1) is 9.04. The summed E-state index contributed by atoms with van der Waals surface area (Å²) in [7, 11) is 1.81. The van der Waals surface area contributed by atoms with Crippen LogP contribution in [0.15, 0.2) is 30.5 Å². The van der Waals surface area contributed by atoms with E-state index < -0.39 is 24.5 Å². The van der Waals surface area contributed by atoms with Crippen molar-refractivity contribution in [2.75, 3.05) is 6.61 Å². The van der Waals surface area contributed by atoms with Crippen molar-refractivity contribution >= 4 is 22.8 Å². The van der Waals surface area contributed by atoms with Crippen LogP contribution in [0.2, 0.25) is 0 Å². The molecule has 1 aromatic carbocycles. The fourth-order valence-corrected chi connectivity index (χ4v) is 1.94. The Kier molecular flexibility index (Phi) is 3.52. The first-order valence-electron chi connectivity index (χ1n) is 5.73. The van der Waals surface area contributed by atoms with Crippen molar-refractivity contribution in [2.24, 2.45) is 7.05 Å². The summed E-state index contributed by atoms with van der Waals surface area (Å²) >= 11 is 0. The lowest BCUT2D eigenvalue weighted by atomic mass is 10.1. The number of para-hydroxylation sites is 1. The van der Waals surface area contributed by atoms with Crippen LogP contribution >= 0.6 is 0 Å². The second-order valence-corrected chi connectivity index (χ2v) is 4.22. The van der Waals surface area contributed by atoms with Gasteiger partial charge in [0.1, 0.15) is 0 Å². The lowest BCUT2D eigenvalue weighted by molar-refractivity contribution is -0.140. The molecule has 2 rings (SSSR count). The van der Waals surface area contributed by atoms with Crippen LogP contribution in [0, 0.1) is 0 Å². The largest absolute Gasteiger partial charge is 0.480 e. The Morgan fingerprint density at radius 1 is 1.37 bits per heavy atom. The third kappa shape index (κ3) is 2.43. The van der Waals surface area contributed by atoms with E-state index in [9.17, 15) is 9.59 Å². The van der Waals surface area contributed by atoms with Gasteiger partial charge in [0.2, 0.25) is 0 Å². The number of carboxylic acids is 1. The quantitative estimate of drug-likeness (QED) is 0.741. The monoisotopic (exact) mass is 262 g/mol. The fourth-order valence-electron chi connectivity index (χ4n) is 1.94. The van der Waals surface area contributed by atoms with Crippen LogP contribution in [-0.4, -0.2) is 39.3 Å². The summed E-state index contributed by atoms with van der Waals surface area (Å²) in [6.07, 6.45) is 1.64. The number of fused-ring (bicyclic) bond motifs is 1. The van der Waals surface area contributed by atoms with Crippen LogP contribution < -0.4 is 5.32 Å². The first-order valence-corrected chi connectivity index (χ1v) is 5.73. The number of carbonyl (C=O) groups excluding carboxylic acids is 1. The van der Waals surface area contributed by atoms with Crippen molar-refractivity contribution in [3.63, 3.8) is 0 Å². The highest BCUT2D eigenvalue weighted by Gasteiger charge is 2.21. The third-order valence-electron chi connectivity index (χ3n) is 2.93. The standard InChI is InChI=1S/C13H14N2O4/c1-15-6-9(8-4-2-3-5-11(8)15)12(17)14-10(7-16)13(18)19/h2-6,10,16H,7H2,1H3,(H,14,17)(H,18,19)/t10-/m0/s1. The zero-order valence-corrected chi connectivity index (χ0v) is 10.3. The van der Waals surface area contributed by atoms with Crippen LogP contribution in [-0.2, 0) is 11.8 Å². The van der Waals surface area contributed by atoms with E-state index in [2.05, 4.69) is 5.32 Å². The Bertz CT molecular complexity index is 633. The minimum atomic E-state index is -1.30. The average molecular weight is 262 g/mol. The number of benzene rings is 1. The van der Waals surface area contributed by atoms with Crippen molar-refractivity contribution in [1.82, 2.24) is 9.88 Å². The number of aliphatic hydroxyl groups excluding tert-OH is 1. The molecule has 2 aromatic rings. The summed E-state index contributed by atoms with van der Waals surface area (Å²) in [4.78, 5) is 22.8. The Hall–Kier alpha value is -2.34. The van der Waals surface area contributed by atoms with Gasteiger partial charge in [-0.3, -0.25) is 4.79 Å². The number of carbonyl (C=O) groups is 2. The molecule has 1 amide bonds. The predicted octanol–water partition coefficient (Wildman–Crippen LogP) is 0.354. The molecule has 19 heavy (non-hydrogen) atoms. The smallest absolute Gasteiger partial charge is 0.328 e. The van der Waals surface area contributed by atoms with Gasteiger partial charge in [-0.2, -0.15) is 0 Å². The van der Waals surface area contributed by atoms with E-state index >= 15 is 0 Å². The van der Waals surface area contributed by atoms with Gasteiger partial charge < -0.3 is 20.1 Å². The number of nitrogens with zero attached hydrogens (tertiary/aromatic N) is 1. The van der Waals surface area contributed by atoms with Gasteiger partial charge in [-0.1, -0.05) is 18.2 Å². The number of aryl methyl sites for hydroxylation is 1. The number of rotatable bonds is 4. The maximum atomic E-state index is 12.0. The zero-order valence-electron chi connectivity index (χ0n) is 10.3. The predicted molar refractivity (Wildman–Crippen MR) is 68.9 cm³/mol. The second kappa shape index (κ2) is 5.11. The van der Waals surface area contributed by atoms with E-state index in [-0.39, 0.29) is 0 Å². The number of amides is 1. The molecule has 1 aromatic heterocycles. The van der Waals surface area contributed by atoms with E-state index in [1.165, 1.54) is 0 Å². The van der Waals surface area contributed by atoms with Gasteiger partial charge in [0.25, 0.3) is 5.91 Å². The molecule has 0 saturated carbocycles. The molecule has 0 aliphatic rings. The number of aliphatic hydroxyl groups is 1. The van der Waals surface area contributed by atoms with Crippen molar-refractivity contribution in [3.8, 4) is 0 Å². The normalized spacial score (nSPS) is 12.3. The molecule has 0 aliphatic heterocycles. The fraction of sp³-hybridized carbons (Fsp3) is 0.231. The molecule has 0 aliphatic carbocycles. The average Bonchev–Trinajstić information content (AvgIpc) is 2.73. The third-order valence-corrected chi connectivity index (χ3v) is 2.93. The highest BCUT2D eigenvalue weighted by Crippen LogP contribution is 2.20. The Balaban J connectivity index is 2.34. The molecule has 0 radical (unpaired) electrons. The molecule has 0 saturated heterocycles. The molecule has 100 valence electrons. The van der Waals surface area contributed by atoms with Crippen LogP contribution in [0.25, 0.3) is 10.9 Å². The van der Waals surface area contributed by atoms with Gasteiger partial charge in [0.15, 0.2) is 6.04 Å². The van der Waals surface area contributed by atoms with Crippen LogP contribution in [0.4, 0.5) is 0 Å². The summed E-state index contributed by atoms with van der Waals surface area (Å²) in [5.74, 6) is -1.78. The van der Waals surface area contributed by atoms with Crippen molar-refractivity contribution in [3.05, 3.63) is 36.0 Å². The summed E-state index contributed by atoms with van der Waals surface area (Å²) in [5, 5.41) is 20.7. The molecule has 0 spiro atoms. The highest BCUT2D eigenvalue weighted by atomic mass is 16.4. The van der Waals surface area contributed by atoms with Gasteiger partial charge in [0.05, 0.1) is 12.2 Å². The Morgan fingerprint density at radius 2 is 2.05 bits per heavy atom. The number of nitrogens with one attached hydrogen (secondary N) is 1. The van der Waals surface area contributed by atoms with E-state index in [0.717, 1.165) is 10.9 Å². The SMILES string of the molecule is Cn1cc(C(=O)N[C@@H](CO)C(=O)O)c2ccccc21. The van der Waals surface area contributed by atoms with E-state index in [1.54, 1.807) is 29.9 Å². The van der Waals surface area contributed by atoms with Crippen LogP contribution in [0.1, 0.15) is 10.4 Å². The molecule has 0 fully saturated rings. The molecular formula is C13H14N2O4. The summed E-state index contributed by atoms with van der Waals surface area (Å²) in [5.41, 5.74) is 1.27. The van der Waals surface area contributed by atoms with Gasteiger partial charge in [-0.25, -0.2) is 4.79 Å². The summed E-state index contributed by atoms with van der Waals surface area (Å²) in [6, 6.07) is 6.02. The van der Waals surface area contributed by atoms with Gasteiger partial charge in [0, 0.05) is 24.1 Å². The summed E-state index contributed by atoms with van der Waals surface area (Å²) < 4.78 is 1.79. The topological polar surface area (TPSA) is 91.6 Å². The van der Waals surface area contributed by atoms with Gasteiger partial charge in [-0.05, 0) is 6.07 Å². The van der Waals surface area contributed by atoms with Crippen molar-refractivity contribution < 1.29 is 19.8 Å². The van der Waals surface area contributed by atoms with E-state index in [1.807, 2.05) is 12.1 Å². The van der Waals surface area contributed by atoms with Crippen LogP contribution in [0.5, 0.6) is 0 Å². The maximum Gasteiger partial charge on any atom is 0.328 e. The first kappa shape index (κ1) is 13.1. The lowest BCUT2D eigenvalue weighted by Crippen LogP contribution is -2.43. The molecule has 3 N–H and O–H groups in total. The lowest BCUT2D eigenvalue weighted by Gasteiger charge is -2.10.